The van der Waals surface area contributed by atoms with E-state index in [0.29, 0.717) is 17.9 Å². The van der Waals surface area contributed by atoms with Crippen molar-refractivity contribution in [2.45, 2.75) is 51.6 Å². The third kappa shape index (κ3) is 3.77. The lowest BCUT2D eigenvalue weighted by Crippen LogP contribution is -2.51. The van der Waals surface area contributed by atoms with Gasteiger partial charge >= 0.3 is 0 Å². The zero-order chi connectivity index (χ0) is 17.3. The highest BCUT2D eigenvalue weighted by Crippen LogP contribution is 2.33. The molecule has 0 aromatic heterocycles. The number of piperidine rings is 1. The van der Waals surface area contributed by atoms with Crippen LogP contribution in [0.4, 0.5) is 8.78 Å². The van der Waals surface area contributed by atoms with Crippen molar-refractivity contribution in [3.8, 4) is 0 Å². The van der Waals surface area contributed by atoms with Gasteiger partial charge in [0.2, 0.25) is 5.91 Å². The third-order valence-corrected chi connectivity index (χ3v) is 5.40. The maximum atomic E-state index is 13.4. The number of carbonyl (C=O) groups excluding carboxylic acids is 1. The molecule has 3 nitrogen and oxygen atoms in total. The molecule has 24 heavy (non-hydrogen) atoms. The number of carbonyl (C=O) groups is 1. The van der Waals surface area contributed by atoms with Crippen molar-refractivity contribution in [3.05, 3.63) is 35.4 Å². The second-order valence-electron chi connectivity index (χ2n) is 7.18. The normalized spacial score (nSPS) is 25.6. The Morgan fingerprint density at radius 1 is 1.29 bits per heavy atom. The predicted octanol–water partition coefficient (Wildman–Crippen LogP) is 3.65. The van der Waals surface area contributed by atoms with Crippen molar-refractivity contribution in [2.75, 3.05) is 13.1 Å². The van der Waals surface area contributed by atoms with Gasteiger partial charge in [-0.05, 0) is 49.8 Å². The third-order valence-electron chi connectivity index (χ3n) is 5.40. The first-order valence-corrected chi connectivity index (χ1v) is 8.99. The lowest BCUT2D eigenvalue weighted by Gasteiger charge is -2.40. The Morgan fingerprint density at radius 3 is 2.67 bits per heavy atom. The van der Waals surface area contributed by atoms with Crippen molar-refractivity contribution in [1.82, 2.24) is 10.2 Å². The molecule has 1 aromatic carbocycles. The molecule has 1 aromatic rings. The van der Waals surface area contributed by atoms with Crippen LogP contribution in [-0.2, 0) is 4.79 Å². The summed E-state index contributed by atoms with van der Waals surface area (Å²) in [5, 5.41) is 3.56. The number of likely N-dealkylation sites (tertiary alicyclic amines) is 1. The van der Waals surface area contributed by atoms with Crippen molar-refractivity contribution in [1.29, 1.82) is 0 Å². The molecular formula is C19H26F2N2O. The number of amides is 1. The molecule has 1 aliphatic carbocycles. The topological polar surface area (TPSA) is 32.3 Å². The first-order valence-electron chi connectivity index (χ1n) is 8.99. The highest BCUT2D eigenvalue weighted by atomic mass is 19.2. The van der Waals surface area contributed by atoms with Crippen LogP contribution < -0.4 is 5.32 Å². The van der Waals surface area contributed by atoms with Gasteiger partial charge in [0.25, 0.3) is 0 Å². The molecule has 132 valence electrons. The molecule has 5 heteroatoms. The van der Waals surface area contributed by atoms with Gasteiger partial charge in [0.15, 0.2) is 11.6 Å². The van der Waals surface area contributed by atoms with Gasteiger partial charge in [0, 0.05) is 31.1 Å². The molecule has 1 N–H and O–H groups in total. The van der Waals surface area contributed by atoms with Gasteiger partial charge in [-0.2, -0.15) is 0 Å². The fourth-order valence-electron chi connectivity index (χ4n) is 3.65. The van der Waals surface area contributed by atoms with E-state index in [1.807, 2.05) is 11.8 Å². The van der Waals surface area contributed by atoms with E-state index in [2.05, 4.69) is 12.2 Å². The zero-order valence-corrected chi connectivity index (χ0v) is 14.4. The number of rotatable bonds is 5. The smallest absolute Gasteiger partial charge is 0.225 e. The fraction of sp³-hybridized carbons (Fsp3) is 0.632. The van der Waals surface area contributed by atoms with Gasteiger partial charge in [-0.25, -0.2) is 8.78 Å². The number of hydrogen-bond acceptors (Lipinski definition) is 2. The monoisotopic (exact) mass is 336 g/mol. The summed E-state index contributed by atoms with van der Waals surface area (Å²) in [5.41, 5.74) is 0.750. The minimum atomic E-state index is -0.815. The minimum absolute atomic E-state index is 0.0511. The van der Waals surface area contributed by atoms with Crippen molar-refractivity contribution in [3.63, 3.8) is 0 Å². The first kappa shape index (κ1) is 17.3. The molecule has 3 atom stereocenters. The number of benzene rings is 1. The molecule has 1 aliphatic heterocycles. The molecule has 2 fully saturated rings. The number of hydrogen-bond donors (Lipinski definition) is 1. The molecule has 1 saturated heterocycles. The summed E-state index contributed by atoms with van der Waals surface area (Å²) in [4.78, 5) is 14.3. The summed E-state index contributed by atoms with van der Waals surface area (Å²) in [6.45, 7) is 5.70. The molecule has 3 unspecified atom stereocenters. The molecule has 0 spiro atoms. The largest absolute Gasteiger partial charge is 0.342 e. The second kappa shape index (κ2) is 7.18. The van der Waals surface area contributed by atoms with E-state index >= 15 is 0 Å². The van der Waals surface area contributed by atoms with E-state index in [-0.39, 0.29) is 12.0 Å². The standard InChI is InChI=1S/C19H26F2N2O/c1-3-13-11-23(19(24)14-4-5-14)9-8-18(13)22-12(2)15-6-7-16(20)17(21)10-15/h6-7,10,12-14,18,22H,3-5,8-9,11H2,1-2H3. The quantitative estimate of drug-likeness (QED) is 0.890. The van der Waals surface area contributed by atoms with E-state index in [0.717, 1.165) is 44.3 Å². The average Bonchev–Trinajstić information content (AvgIpc) is 3.42. The summed E-state index contributed by atoms with van der Waals surface area (Å²) >= 11 is 0. The van der Waals surface area contributed by atoms with Gasteiger partial charge < -0.3 is 10.2 Å². The first-order chi connectivity index (χ1) is 11.5. The second-order valence-corrected chi connectivity index (χ2v) is 7.18. The van der Waals surface area contributed by atoms with Gasteiger partial charge in [-0.3, -0.25) is 4.79 Å². The van der Waals surface area contributed by atoms with Crippen LogP contribution in [0.2, 0.25) is 0 Å². The van der Waals surface area contributed by atoms with E-state index < -0.39 is 11.6 Å². The Bertz CT molecular complexity index is 603. The van der Waals surface area contributed by atoms with Gasteiger partial charge in [0.05, 0.1) is 0 Å². The molecule has 1 amide bonds. The van der Waals surface area contributed by atoms with Crippen LogP contribution in [0.1, 0.15) is 51.1 Å². The summed E-state index contributed by atoms with van der Waals surface area (Å²) in [7, 11) is 0. The summed E-state index contributed by atoms with van der Waals surface area (Å²) < 4.78 is 26.5. The van der Waals surface area contributed by atoms with Crippen molar-refractivity contribution < 1.29 is 13.6 Å². The lowest BCUT2D eigenvalue weighted by molar-refractivity contribution is -0.134. The van der Waals surface area contributed by atoms with Crippen LogP contribution in [-0.4, -0.2) is 29.9 Å². The molecule has 2 aliphatic rings. The maximum Gasteiger partial charge on any atom is 0.225 e. The summed E-state index contributed by atoms with van der Waals surface area (Å²) in [6, 6.07) is 4.31. The average molecular weight is 336 g/mol. The highest BCUT2D eigenvalue weighted by molar-refractivity contribution is 5.81. The molecule has 1 saturated carbocycles. The number of nitrogens with one attached hydrogen (secondary N) is 1. The zero-order valence-electron chi connectivity index (χ0n) is 14.4. The Hall–Kier alpha value is -1.49. The Labute approximate surface area is 142 Å². The summed E-state index contributed by atoms with van der Waals surface area (Å²) in [5.74, 6) is -0.634. The predicted molar refractivity (Wildman–Crippen MR) is 89.4 cm³/mol. The van der Waals surface area contributed by atoms with Gasteiger partial charge in [0.1, 0.15) is 0 Å². The van der Waals surface area contributed by atoms with Crippen LogP contribution in [0, 0.1) is 23.5 Å². The van der Waals surface area contributed by atoms with Crippen LogP contribution in [0.15, 0.2) is 18.2 Å². The molecule has 0 radical (unpaired) electrons. The van der Waals surface area contributed by atoms with E-state index in [1.165, 1.54) is 12.1 Å². The van der Waals surface area contributed by atoms with Gasteiger partial charge in [-0.15, -0.1) is 0 Å². The van der Waals surface area contributed by atoms with Gasteiger partial charge in [-0.1, -0.05) is 19.4 Å². The van der Waals surface area contributed by atoms with Crippen molar-refractivity contribution in [2.24, 2.45) is 11.8 Å². The van der Waals surface area contributed by atoms with Crippen LogP contribution in [0.3, 0.4) is 0 Å². The SMILES string of the molecule is CCC1CN(C(=O)C2CC2)CCC1NC(C)c1ccc(F)c(F)c1. The van der Waals surface area contributed by atoms with Crippen LogP contribution in [0.5, 0.6) is 0 Å². The minimum Gasteiger partial charge on any atom is -0.342 e. The maximum absolute atomic E-state index is 13.4. The Balaban J connectivity index is 1.61. The summed E-state index contributed by atoms with van der Waals surface area (Å²) in [6.07, 6.45) is 3.99. The number of halogens is 2. The molecule has 3 rings (SSSR count). The Morgan fingerprint density at radius 2 is 2.04 bits per heavy atom. The van der Waals surface area contributed by atoms with Crippen LogP contribution >= 0.6 is 0 Å². The van der Waals surface area contributed by atoms with E-state index in [9.17, 15) is 13.6 Å². The lowest BCUT2D eigenvalue weighted by atomic mass is 9.88. The molecule has 1 heterocycles. The van der Waals surface area contributed by atoms with Crippen molar-refractivity contribution >= 4 is 5.91 Å². The van der Waals surface area contributed by atoms with E-state index in [4.69, 9.17) is 0 Å². The fourth-order valence-corrected chi connectivity index (χ4v) is 3.65. The number of nitrogens with zero attached hydrogens (tertiary/aromatic N) is 1. The Kier molecular flexibility index (Phi) is 5.18. The molecule has 0 bridgehead atoms. The van der Waals surface area contributed by atoms with Crippen LogP contribution in [0.25, 0.3) is 0 Å². The molecular weight excluding hydrogens is 310 g/mol. The highest BCUT2D eigenvalue weighted by Gasteiger charge is 2.37. The van der Waals surface area contributed by atoms with E-state index in [1.54, 1.807) is 6.07 Å².